The normalized spacial score (nSPS) is 16.7. The van der Waals surface area contributed by atoms with Crippen LogP contribution in [-0.2, 0) is 9.84 Å². The second-order valence-corrected chi connectivity index (χ2v) is 8.44. The summed E-state index contributed by atoms with van der Waals surface area (Å²) in [7, 11) is -2.92. The van der Waals surface area contributed by atoms with Gasteiger partial charge in [-0.05, 0) is 12.1 Å². The van der Waals surface area contributed by atoms with Gasteiger partial charge in [-0.3, -0.25) is 0 Å². The lowest BCUT2D eigenvalue weighted by atomic mass is 10.1. The SMILES string of the molecule is O=C(O)c1c[nH]c2ncnc(-c3ccc(N4CCS(=O)(=O)CC4)cc3)c12. The summed E-state index contributed by atoms with van der Waals surface area (Å²) >= 11 is 0. The van der Waals surface area contributed by atoms with Crippen molar-refractivity contribution in [2.75, 3.05) is 29.5 Å². The number of nitrogens with one attached hydrogen (secondary N) is 1. The van der Waals surface area contributed by atoms with E-state index < -0.39 is 15.8 Å². The minimum atomic E-state index is -2.92. The Morgan fingerprint density at radius 2 is 1.81 bits per heavy atom. The Labute approximate surface area is 149 Å². The van der Waals surface area contributed by atoms with E-state index in [9.17, 15) is 18.3 Å². The molecule has 3 aromatic rings. The first-order valence-corrected chi connectivity index (χ1v) is 9.88. The van der Waals surface area contributed by atoms with E-state index in [0.717, 1.165) is 11.3 Å². The van der Waals surface area contributed by atoms with E-state index in [0.29, 0.717) is 29.8 Å². The molecule has 2 N–H and O–H groups in total. The average molecular weight is 372 g/mol. The smallest absolute Gasteiger partial charge is 0.338 e. The van der Waals surface area contributed by atoms with Gasteiger partial charge in [0.1, 0.15) is 12.0 Å². The number of rotatable bonds is 3. The summed E-state index contributed by atoms with van der Waals surface area (Å²) in [5.41, 5.74) is 2.84. The van der Waals surface area contributed by atoms with Crippen LogP contribution >= 0.6 is 0 Å². The molecule has 0 amide bonds. The molecule has 9 heteroatoms. The van der Waals surface area contributed by atoms with E-state index in [2.05, 4.69) is 15.0 Å². The average Bonchev–Trinajstić information content (AvgIpc) is 3.06. The fourth-order valence-corrected chi connectivity index (χ4v) is 4.35. The largest absolute Gasteiger partial charge is 0.478 e. The van der Waals surface area contributed by atoms with E-state index in [1.165, 1.54) is 12.5 Å². The Hall–Kier alpha value is -2.94. The van der Waals surface area contributed by atoms with Gasteiger partial charge in [-0.2, -0.15) is 0 Å². The van der Waals surface area contributed by atoms with Crippen LogP contribution in [0.3, 0.4) is 0 Å². The fourth-order valence-electron chi connectivity index (χ4n) is 3.15. The topological polar surface area (TPSA) is 116 Å². The standard InChI is InChI=1S/C17H16N4O4S/c22-17(23)13-9-18-16-14(13)15(19-10-20-16)11-1-3-12(4-2-11)21-5-7-26(24,25)8-6-21/h1-4,9-10H,5-8H2,(H,22,23)(H,18,19,20). The van der Waals surface area contributed by atoms with Crippen LogP contribution < -0.4 is 4.90 Å². The summed E-state index contributed by atoms with van der Waals surface area (Å²) in [6.45, 7) is 0.945. The third-order valence-electron chi connectivity index (χ3n) is 4.55. The van der Waals surface area contributed by atoms with Crippen LogP contribution in [0.2, 0.25) is 0 Å². The van der Waals surface area contributed by atoms with Crippen LogP contribution in [0.25, 0.3) is 22.3 Å². The van der Waals surface area contributed by atoms with Gasteiger partial charge in [0.05, 0.1) is 28.1 Å². The van der Waals surface area contributed by atoms with Gasteiger partial charge in [0.2, 0.25) is 0 Å². The lowest BCUT2D eigenvalue weighted by Crippen LogP contribution is -2.40. The first-order valence-electron chi connectivity index (χ1n) is 8.06. The first kappa shape index (κ1) is 16.5. The highest BCUT2D eigenvalue weighted by molar-refractivity contribution is 7.91. The summed E-state index contributed by atoms with van der Waals surface area (Å²) in [4.78, 5) is 24.7. The van der Waals surface area contributed by atoms with Crippen LogP contribution in [0.1, 0.15) is 10.4 Å². The number of fused-ring (bicyclic) bond motifs is 1. The van der Waals surface area contributed by atoms with E-state index in [1.54, 1.807) is 0 Å². The molecule has 3 heterocycles. The number of aromatic nitrogens is 3. The van der Waals surface area contributed by atoms with Gasteiger partial charge in [0.25, 0.3) is 0 Å². The Balaban J connectivity index is 1.69. The predicted molar refractivity (Wildman–Crippen MR) is 97.2 cm³/mol. The van der Waals surface area contributed by atoms with Crippen LogP contribution in [-0.4, -0.2) is 59.0 Å². The zero-order valence-electron chi connectivity index (χ0n) is 13.7. The zero-order valence-corrected chi connectivity index (χ0v) is 14.5. The van der Waals surface area contributed by atoms with Crippen molar-refractivity contribution in [3.8, 4) is 11.3 Å². The second-order valence-electron chi connectivity index (χ2n) is 6.14. The number of carboxylic acid groups (broad SMARTS) is 1. The third-order valence-corrected chi connectivity index (χ3v) is 6.16. The number of benzene rings is 1. The molecule has 0 radical (unpaired) electrons. The molecule has 1 saturated heterocycles. The minimum Gasteiger partial charge on any atom is -0.478 e. The molecule has 1 aromatic carbocycles. The zero-order chi connectivity index (χ0) is 18.3. The summed E-state index contributed by atoms with van der Waals surface area (Å²) in [5.74, 6) is -0.724. The van der Waals surface area contributed by atoms with Gasteiger partial charge in [-0.15, -0.1) is 0 Å². The molecule has 0 saturated carbocycles. The minimum absolute atomic E-state index is 0.126. The molecular weight excluding hydrogens is 356 g/mol. The van der Waals surface area contributed by atoms with E-state index in [-0.39, 0.29) is 17.1 Å². The maximum Gasteiger partial charge on any atom is 0.338 e. The molecule has 1 aliphatic rings. The quantitative estimate of drug-likeness (QED) is 0.716. The van der Waals surface area contributed by atoms with Crippen molar-refractivity contribution in [3.05, 3.63) is 42.4 Å². The number of sulfone groups is 1. The number of aromatic amines is 1. The number of carbonyl (C=O) groups is 1. The van der Waals surface area contributed by atoms with Crippen molar-refractivity contribution in [3.63, 3.8) is 0 Å². The van der Waals surface area contributed by atoms with Crippen molar-refractivity contribution in [1.29, 1.82) is 0 Å². The van der Waals surface area contributed by atoms with Crippen molar-refractivity contribution in [2.24, 2.45) is 0 Å². The number of nitrogens with zero attached hydrogens (tertiary/aromatic N) is 3. The van der Waals surface area contributed by atoms with Gasteiger partial charge in [-0.1, -0.05) is 12.1 Å². The van der Waals surface area contributed by atoms with Gasteiger partial charge < -0.3 is 15.0 Å². The number of carboxylic acids is 1. The van der Waals surface area contributed by atoms with Crippen LogP contribution in [0.15, 0.2) is 36.8 Å². The van der Waals surface area contributed by atoms with Crippen molar-refractivity contribution >= 4 is 32.5 Å². The fraction of sp³-hybridized carbons (Fsp3) is 0.235. The highest BCUT2D eigenvalue weighted by Gasteiger charge is 2.22. The van der Waals surface area contributed by atoms with Crippen LogP contribution in [0.5, 0.6) is 0 Å². The first-order chi connectivity index (χ1) is 12.4. The molecule has 0 bridgehead atoms. The molecular formula is C17H16N4O4S. The Morgan fingerprint density at radius 1 is 1.12 bits per heavy atom. The van der Waals surface area contributed by atoms with E-state index in [1.807, 2.05) is 29.2 Å². The monoisotopic (exact) mass is 372 g/mol. The Bertz CT molecular complexity index is 1080. The van der Waals surface area contributed by atoms with Crippen LogP contribution in [0.4, 0.5) is 5.69 Å². The Kier molecular flexibility index (Phi) is 3.87. The molecule has 0 unspecified atom stereocenters. The molecule has 1 fully saturated rings. The second kappa shape index (κ2) is 6.10. The van der Waals surface area contributed by atoms with E-state index >= 15 is 0 Å². The number of anilines is 1. The summed E-state index contributed by atoms with van der Waals surface area (Å²) in [6, 6.07) is 7.51. The number of H-pyrrole nitrogens is 1. The van der Waals surface area contributed by atoms with Crippen LogP contribution in [0, 0.1) is 0 Å². The molecule has 4 rings (SSSR count). The summed E-state index contributed by atoms with van der Waals surface area (Å²) in [6.07, 6.45) is 2.80. The van der Waals surface area contributed by atoms with Crippen molar-refractivity contribution < 1.29 is 18.3 Å². The highest BCUT2D eigenvalue weighted by atomic mass is 32.2. The molecule has 134 valence electrons. The van der Waals surface area contributed by atoms with Gasteiger partial charge in [-0.25, -0.2) is 23.2 Å². The lowest BCUT2D eigenvalue weighted by Gasteiger charge is -2.28. The highest BCUT2D eigenvalue weighted by Crippen LogP contribution is 2.29. The maximum atomic E-state index is 11.6. The number of aromatic carboxylic acids is 1. The molecule has 0 atom stereocenters. The van der Waals surface area contributed by atoms with Crippen molar-refractivity contribution in [2.45, 2.75) is 0 Å². The summed E-state index contributed by atoms with van der Waals surface area (Å²) < 4.78 is 23.1. The number of hydrogen-bond acceptors (Lipinski definition) is 6. The number of hydrogen-bond donors (Lipinski definition) is 2. The molecule has 2 aromatic heterocycles. The van der Waals surface area contributed by atoms with E-state index in [4.69, 9.17) is 0 Å². The van der Waals surface area contributed by atoms with Gasteiger partial charge in [0, 0.05) is 30.5 Å². The lowest BCUT2D eigenvalue weighted by molar-refractivity contribution is 0.0699. The summed E-state index contributed by atoms with van der Waals surface area (Å²) in [5, 5.41) is 9.84. The molecule has 1 aliphatic heterocycles. The molecule has 8 nitrogen and oxygen atoms in total. The van der Waals surface area contributed by atoms with Crippen molar-refractivity contribution in [1.82, 2.24) is 15.0 Å². The third kappa shape index (κ3) is 2.90. The van der Waals surface area contributed by atoms with Gasteiger partial charge >= 0.3 is 5.97 Å². The molecule has 0 spiro atoms. The predicted octanol–water partition coefficient (Wildman–Crippen LogP) is 1.56. The van der Waals surface area contributed by atoms with Gasteiger partial charge in [0.15, 0.2) is 9.84 Å². The molecule has 26 heavy (non-hydrogen) atoms. The Morgan fingerprint density at radius 3 is 2.46 bits per heavy atom. The maximum absolute atomic E-state index is 11.6. The molecule has 0 aliphatic carbocycles.